The Morgan fingerprint density at radius 2 is 1.76 bits per heavy atom. The number of amides is 2. The maximum absolute atomic E-state index is 12.8. The quantitative estimate of drug-likeness (QED) is 0.760. The normalized spacial score (nSPS) is 15.8. The molecule has 1 aliphatic heterocycles. The lowest BCUT2D eigenvalue weighted by Gasteiger charge is -2.24. The van der Waals surface area contributed by atoms with Gasteiger partial charge in [0, 0.05) is 31.0 Å². The van der Waals surface area contributed by atoms with Crippen LogP contribution in [0.3, 0.4) is 0 Å². The van der Waals surface area contributed by atoms with E-state index in [1.807, 2.05) is 54.6 Å². The highest BCUT2D eigenvalue weighted by atomic mass is 16.6. The van der Waals surface area contributed by atoms with E-state index in [1.165, 1.54) is 4.90 Å². The Bertz CT molecular complexity index is 804. The van der Waals surface area contributed by atoms with E-state index in [1.54, 1.807) is 0 Å². The van der Waals surface area contributed by atoms with E-state index in [0.717, 1.165) is 36.4 Å². The average molecular weight is 396 g/mol. The molecule has 1 heterocycles. The number of rotatable bonds is 7. The first-order valence-corrected chi connectivity index (χ1v) is 10.3. The first-order chi connectivity index (χ1) is 14.1. The van der Waals surface area contributed by atoms with E-state index in [2.05, 4.69) is 24.1 Å². The highest BCUT2D eigenvalue weighted by molar-refractivity contribution is 5.97. The minimum atomic E-state index is -0.499. The SMILES string of the molecule is CCN(CC)c1ccc(NC(=O)C2CCCN2C(=O)OCc2ccccc2)cc1. The van der Waals surface area contributed by atoms with Crippen molar-refractivity contribution in [2.75, 3.05) is 29.9 Å². The predicted octanol–water partition coefficient (Wildman–Crippen LogP) is 4.27. The van der Waals surface area contributed by atoms with Gasteiger partial charge in [0.1, 0.15) is 12.6 Å². The summed E-state index contributed by atoms with van der Waals surface area (Å²) in [7, 11) is 0. The molecule has 0 saturated carbocycles. The third kappa shape index (κ3) is 5.28. The van der Waals surface area contributed by atoms with Gasteiger partial charge in [0.05, 0.1) is 0 Å². The predicted molar refractivity (Wildman–Crippen MR) is 115 cm³/mol. The molecule has 1 unspecified atom stereocenters. The molecular weight excluding hydrogens is 366 g/mol. The smallest absolute Gasteiger partial charge is 0.410 e. The van der Waals surface area contributed by atoms with E-state index >= 15 is 0 Å². The van der Waals surface area contributed by atoms with E-state index in [-0.39, 0.29) is 12.5 Å². The van der Waals surface area contributed by atoms with Crippen molar-refractivity contribution in [1.29, 1.82) is 0 Å². The summed E-state index contributed by atoms with van der Waals surface area (Å²) in [5.74, 6) is -0.172. The average Bonchev–Trinajstić information content (AvgIpc) is 3.25. The second-order valence-electron chi connectivity index (χ2n) is 7.10. The second-order valence-corrected chi connectivity index (χ2v) is 7.10. The summed E-state index contributed by atoms with van der Waals surface area (Å²) in [4.78, 5) is 29.0. The molecule has 1 saturated heterocycles. The van der Waals surface area contributed by atoms with Crippen molar-refractivity contribution in [3.8, 4) is 0 Å². The number of benzene rings is 2. The number of likely N-dealkylation sites (tertiary alicyclic amines) is 1. The number of hydrogen-bond acceptors (Lipinski definition) is 4. The van der Waals surface area contributed by atoms with Crippen LogP contribution in [0.15, 0.2) is 54.6 Å². The van der Waals surface area contributed by atoms with Crippen LogP contribution in [0.25, 0.3) is 0 Å². The number of nitrogens with zero attached hydrogens (tertiary/aromatic N) is 2. The van der Waals surface area contributed by atoms with Gasteiger partial charge >= 0.3 is 6.09 Å². The second kappa shape index (κ2) is 9.96. The van der Waals surface area contributed by atoms with Crippen molar-refractivity contribution in [3.05, 3.63) is 60.2 Å². The Morgan fingerprint density at radius 1 is 1.07 bits per heavy atom. The molecule has 0 bridgehead atoms. The molecule has 29 heavy (non-hydrogen) atoms. The van der Waals surface area contributed by atoms with Crippen molar-refractivity contribution in [2.45, 2.75) is 39.3 Å². The standard InChI is InChI=1S/C23H29N3O3/c1-3-25(4-2)20-14-12-19(13-15-20)24-22(27)21-11-8-16-26(21)23(28)29-17-18-9-6-5-7-10-18/h5-7,9-10,12-15,21H,3-4,8,11,16-17H2,1-2H3,(H,24,27). The molecule has 6 heteroatoms. The molecule has 2 aromatic rings. The minimum Gasteiger partial charge on any atom is -0.445 e. The number of ether oxygens (including phenoxy) is 1. The monoisotopic (exact) mass is 395 g/mol. The van der Waals surface area contributed by atoms with Crippen LogP contribution in [0.5, 0.6) is 0 Å². The van der Waals surface area contributed by atoms with Gasteiger partial charge in [-0.3, -0.25) is 9.69 Å². The van der Waals surface area contributed by atoms with Crippen LogP contribution in [-0.2, 0) is 16.1 Å². The largest absolute Gasteiger partial charge is 0.445 e. The highest BCUT2D eigenvalue weighted by Gasteiger charge is 2.35. The lowest BCUT2D eigenvalue weighted by molar-refractivity contribution is -0.120. The number of hydrogen-bond donors (Lipinski definition) is 1. The lowest BCUT2D eigenvalue weighted by Crippen LogP contribution is -2.43. The van der Waals surface area contributed by atoms with Crippen molar-refractivity contribution in [1.82, 2.24) is 4.90 Å². The zero-order valence-electron chi connectivity index (χ0n) is 17.1. The molecule has 1 aliphatic rings. The Morgan fingerprint density at radius 3 is 2.41 bits per heavy atom. The van der Waals surface area contributed by atoms with E-state index in [0.29, 0.717) is 13.0 Å². The fraction of sp³-hybridized carbons (Fsp3) is 0.391. The van der Waals surface area contributed by atoms with Crippen molar-refractivity contribution >= 4 is 23.4 Å². The molecule has 0 aliphatic carbocycles. The van der Waals surface area contributed by atoms with Gasteiger partial charge in [-0.25, -0.2) is 4.79 Å². The van der Waals surface area contributed by atoms with Gasteiger partial charge in [0.15, 0.2) is 0 Å². The topological polar surface area (TPSA) is 61.9 Å². The molecule has 0 spiro atoms. The molecular formula is C23H29N3O3. The van der Waals surface area contributed by atoms with Crippen LogP contribution >= 0.6 is 0 Å². The van der Waals surface area contributed by atoms with Gasteiger partial charge in [0.25, 0.3) is 0 Å². The summed E-state index contributed by atoms with van der Waals surface area (Å²) in [5, 5.41) is 2.94. The summed E-state index contributed by atoms with van der Waals surface area (Å²) < 4.78 is 5.41. The van der Waals surface area contributed by atoms with Gasteiger partial charge in [-0.2, -0.15) is 0 Å². The molecule has 154 valence electrons. The van der Waals surface area contributed by atoms with E-state index in [4.69, 9.17) is 4.74 Å². The van der Waals surface area contributed by atoms with Crippen LogP contribution in [0.1, 0.15) is 32.3 Å². The van der Waals surface area contributed by atoms with Gasteiger partial charge in [-0.15, -0.1) is 0 Å². The van der Waals surface area contributed by atoms with Crippen LogP contribution in [0.4, 0.5) is 16.2 Å². The molecule has 2 aromatic carbocycles. The molecule has 0 radical (unpaired) electrons. The molecule has 2 amide bonds. The third-order valence-corrected chi connectivity index (χ3v) is 5.26. The van der Waals surface area contributed by atoms with E-state index < -0.39 is 12.1 Å². The fourth-order valence-electron chi connectivity index (χ4n) is 3.63. The highest BCUT2D eigenvalue weighted by Crippen LogP contribution is 2.22. The minimum absolute atomic E-state index is 0.172. The summed E-state index contributed by atoms with van der Waals surface area (Å²) >= 11 is 0. The number of anilines is 2. The van der Waals surface area contributed by atoms with Crippen molar-refractivity contribution in [3.63, 3.8) is 0 Å². The molecule has 1 N–H and O–H groups in total. The Balaban J connectivity index is 1.57. The fourth-order valence-corrected chi connectivity index (χ4v) is 3.63. The van der Waals surface area contributed by atoms with Gasteiger partial charge in [-0.1, -0.05) is 30.3 Å². The molecule has 0 aromatic heterocycles. The summed E-state index contributed by atoms with van der Waals surface area (Å²) in [6, 6.07) is 16.8. The van der Waals surface area contributed by atoms with Crippen molar-refractivity contribution in [2.24, 2.45) is 0 Å². The Kier molecular flexibility index (Phi) is 7.11. The van der Waals surface area contributed by atoms with Crippen LogP contribution < -0.4 is 10.2 Å². The van der Waals surface area contributed by atoms with Gasteiger partial charge in [0.2, 0.25) is 5.91 Å². The van der Waals surface area contributed by atoms with Crippen LogP contribution in [0, 0.1) is 0 Å². The number of carbonyl (C=O) groups is 2. The van der Waals surface area contributed by atoms with Crippen LogP contribution in [-0.4, -0.2) is 42.6 Å². The maximum Gasteiger partial charge on any atom is 0.410 e. The number of carbonyl (C=O) groups excluding carboxylic acids is 2. The lowest BCUT2D eigenvalue weighted by atomic mass is 10.2. The zero-order chi connectivity index (χ0) is 20.6. The molecule has 6 nitrogen and oxygen atoms in total. The molecule has 1 atom stereocenters. The van der Waals surface area contributed by atoms with Crippen molar-refractivity contribution < 1.29 is 14.3 Å². The zero-order valence-corrected chi connectivity index (χ0v) is 17.1. The van der Waals surface area contributed by atoms with Crippen LogP contribution in [0.2, 0.25) is 0 Å². The van der Waals surface area contributed by atoms with E-state index in [9.17, 15) is 9.59 Å². The Labute approximate surface area is 172 Å². The molecule has 1 fully saturated rings. The Hall–Kier alpha value is -3.02. The van der Waals surface area contributed by atoms with Gasteiger partial charge < -0.3 is 15.0 Å². The first-order valence-electron chi connectivity index (χ1n) is 10.3. The third-order valence-electron chi connectivity index (χ3n) is 5.26. The first kappa shape index (κ1) is 20.7. The maximum atomic E-state index is 12.8. The summed E-state index contributed by atoms with van der Waals surface area (Å²) in [5.41, 5.74) is 2.78. The number of nitrogens with one attached hydrogen (secondary N) is 1. The summed E-state index contributed by atoms with van der Waals surface area (Å²) in [6.07, 6.45) is 0.992. The van der Waals surface area contributed by atoms with Gasteiger partial charge in [-0.05, 0) is 56.5 Å². The molecule has 3 rings (SSSR count). The summed E-state index contributed by atoms with van der Waals surface area (Å²) in [6.45, 7) is 6.84.